The summed E-state index contributed by atoms with van der Waals surface area (Å²) in [6.45, 7) is 0.492. The SMILES string of the molecule is COC(=O)C1C=CCNC1=O. The van der Waals surface area contributed by atoms with Gasteiger partial charge in [-0.05, 0) is 0 Å². The summed E-state index contributed by atoms with van der Waals surface area (Å²) >= 11 is 0. The molecular weight excluding hydrogens is 146 g/mol. The fourth-order valence-corrected chi connectivity index (χ4v) is 0.874. The Morgan fingerprint density at radius 3 is 3.09 bits per heavy atom. The maximum atomic E-state index is 10.9. The molecule has 0 radical (unpaired) electrons. The highest BCUT2D eigenvalue weighted by Crippen LogP contribution is 2.04. The molecule has 1 N–H and O–H groups in total. The van der Waals surface area contributed by atoms with Crippen molar-refractivity contribution >= 4 is 11.9 Å². The van der Waals surface area contributed by atoms with E-state index in [4.69, 9.17) is 0 Å². The predicted octanol–water partition coefficient (Wildman–Crippen LogP) is -0.538. The average Bonchev–Trinajstić information content (AvgIpc) is 2.04. The van der Waals surface area contributed by atoms with Crippen LogP contribution in [0.4, 0.5) is 0 Å². The van der Waals surface area contributed by atoms with Crippen LogP contribution in [-0.2, 0) is 14.3 Å². The van der Waals surface area contributed by atoms with Gasteiger partial charge in [-0.3, -0.25) is 9.59 Å². The minimum absolute atomic E-state index is 0.292. The topological polar surface area (TPSA) is 55.4 Å². The maximum absolute atomic E-state index is 10.9. The van der Waals surface area contributed by atoms with E-state index in [0.717, 1.165) is 0 Å². The van der Waals surface area contributed by atoms with E-state index in [0.29, 0.717) is 6.54 Å². The number of ether oxygens (including phenoxy) is 1. The molecule has 0 saturated carbocycles. The molecule has 60 valence electrons. The molecule has 0 aromatic carbocycles. The molecule has 11 heavy (non-hydrogen) atoms. The molecule has 1 unspecified atom stereocenters. The van der Waals surface area contributed by atoms with E-state index in [1.54, 1.807) is 12.2 Å². The standard InChI is InChI=1S/C7H9NO3/c1-11-7(10)5-3-2-4-8-6(5)9/h2-3,5H,4H2,1H3,(H,8,9). The van der Waals surface area contributed by atoms with Crippen molar-refractivity contribution in [2.45, 2.75) is 0 Å². The maximum Gasteiger partial charge on any atom is 0.322 e. The van der Waals surface area contributed by atoms with E-state index >= 15 is 0 Å². The van der Waals surface area contributed by atoms with Crippen molar-refractivity contribution in [1.82, 2.24) is 5.32 Å². The van der Waals surface area contributed by atoms with Gasteiger partial charge in [0.1, 0.15) is 0 Å². The quantitative estimate of drug-likeness (QED) is 0.314. The first kappa shape index (κ1) is 7.78. The van der Waals surface area contributed by atoms with Gasteiger partial charge in [-0.1, -0.05) is 12.2 Å². The highest BCUT2D eigenvalue weighted by molar-refractivity contribution is 6.00. The monoisotopic (exact) mass is 155 g/mol. The summed E-state index contributed by atoms with van der Waals surface area (Å²) in [4.78, 5) is 21.8. The molecule has 0 spiro atoms. The summed E-state index contributed by atoms with van der Waals surface area (Å²) in [7, 11) is 1.26. The van der Waals surface area contributed by atoms with Gasteiger partial charge in [0.15, 0.2) is 5.92 Å². The lowest BCUT2D eigenvalue weighted by Gasteiger charge is -2.13. The normalized spacial score (nSPS) is 22.6. The van der Waals surface area contributed by atoms with Crippen LogP contribution in [0.2, 0.25) is 0 Å². The van der Waals surface area contributed by atoms with Crippen LogP contribution in [0.1, 0.15) is 0 Å². The molecule has 0 bridgehead atoms. The number of carbonyl (C=O) groups excluding carboxylic acids is 2. The zero-order valence-corrected chi connectivity index (χ0v) is 6.16. The van der Waals surface area contributed by atoms with E-state index in [1.807, 2.05) is 0 Å². The number of methoxy groups -OCH3 is 1. The smallest absolute Gasteiger partial charge is 0.322 e. The Labute approximate surface area is 64.2 Å². The number of hydrogen-bond donors (Lipinski definition) is 1. The van der Waals surface area contributed by atoms with Crippen molar-refractivity contribution in [1.29, 1.82) is 0 Å². The van der Waals surface area contributed by atoms with E-state index in [-0.39, 0.29) is 5.91 Å². The van der Waals surface area contributed by atoms with Crippen LogP contribution in [-0.4, -0.2) is 25.5 Å². The van der Waals surface area contributed by atoms with Gasteiger partial charge in [0.2, 0.25) is 5.91 Å². The molecule has 4 nitrogen and oxygen atoms in total. The first-order valence-corrected chi connectivity index (χ1v) is 3.28. The van der Waals surface area contributed by atoms with Crippen LogP contribution in [0, 0.1) is 5.92 Å². The molecule has 0 aromatic rings. The number of esters is 1. The van der Waals surface area contributed by atoms with Crippen molar-refractivity contribution in [2.24, 2.45) is 5.92 Å². The second-order valence-corrected chi connectivity index (χ2v) is 2.17. The second-order valence-electron chi connectivity index (χ2n) is 2.17. The minimum Gasteiger partial charge on any atom is -0.468 e. The fraction of sp³-hybridized carbons (Fsp3) is 0.429. The molecular formula is C7H9NO3. The predicted molar refractivity (Wildman–Crippen MR) is 37.7 cm³/mol. The summed E-state index contributed by atoms with van der Waals surface area (Å²) < 4.78 is 4.41. The van der Waals surface area contributed by atoms with Crippen LogP contribution in [0.5, 0.6) is 0 Å². The summed E-state index contributed by atoms with van der Waals surface area (Å²) in [6.07, 6.45) is 3.27. The Morgan fingerprint density at radius 1 is 1.82 bits per heavy atom. The lowest BCUT2D eigenvalue weighted by atomic mass is 10.1. The zero-order valence-electron chi connectivity index (χ0n) is 6.16. The number of carbonyl (C=O) groups is 2. The van der Waals surface area contributed by atoms with Crippen molar-refractivity contribution in [3.63, 3.8) is 0 Å². The number of amides is 1. The third-order valence-electron chi connectivity index (χ3n) is 1.46. The zero-order chi connectivity index (χ0) is 8.27. The van der Waals surface area contributed by atoms with Crippen molar-refractivity contribution in [3.05, 3.63) is 12.2 Å². The van der Waals surface area contributed by atoms with Gasteiger partial charge in [0.25, 0.3) is 0 Å². The Morgan fingerprint density at radius 2 is 2.55 bits per heavy atom. The lowest BCUT2D eigenvalue weighted by molar-refractivity contribution is -0.148. The molecule has 0 fully saturated rings. The molecule has 4 heteroatoms. The number of rotatable bonds is 1. The van der Waals surface area contributed by atoms with Gasteiger partial charge in [-0.25, -0.2) is 0 Å². The third kappa shape index (κ3) is 1.58. The van der Waals surface area contributed by atoms with Crippen LogP contribution in [0.3, 0.4) is 0 Å². The molecule has 0 aromatic heterocycles. The molecule has 1 amide bonds. The van der Waals surface area contributed by atoms with Crippen molar-refractivity contribution < 1.29 is 14.3 Å². The molecule has 1 aliphatic heterocycles. The van der Waals surface area contributed by atoms with Crippen LogP contribution < -0.4 is 5.32 Å². The van der Waals surface area contributed by atoms with Gasteiger partial charge in [0, 0.05) is 6.54 Å². The van der Waals surface area contributed by atoms with E-state index in [2.05, 4.69) is 10.1 Å². The van der Waals surface area contributed by atoms with Gasteiger partial charge in [-0.15, -0.1) is 0 Å². The lowest BCUT2D eigenvalue weighted by Crippen LogP contribution is -2.37. The van der Waals surface area contributed by atoms with Crippen LogP contribution >= 0.6 is 0 Å². The first-order chi connectivity index (χ1) is 5.25. The van der Waals surface area contributed by atoms with Gasteiger partial charge >= 0.3 is 5.97 Å². The number of hydrogen-bond acceptors (Lipinski definition) is 3. The average molecular weight is 155 g/mol. The molecule has 0 aliphatic carbocycles. The Balaban J connectivity index is 2.69. The molecule has 1 atom stereocenters. The molecule has 1 heterocycles. The van der Waals surface area contributed by atoms with E-state index in [9.17, 15) is 9.59 Å². The van der Waals surface area contributed by atoms with Crippen molar-refractivity contribution in [2.75, 3.05) is 13.7 Å². The van der Waals surface area contributed by atoms with Gasteiger partial charge < -0.3 is 10.1 Å². The Hall–Kier alpha value is -1.32. The Bertz CT molecular complexity index is 210. The van der Waals surface area contributed by atoms with Gasteiger partial charge in [0.05, 0.1) is 7.11 Å². The number of nitrogens with one attached hydrogen (secondary N) is 1. The Kier molecular flexibility index (Phi) is 2.25. The van der Waals surface area contributed by atoms with Crippen molar-refractivity contribution in [3.8, 4) is 0 Å². The first-order valence-electron chi connectivity index (χ1n) is 3.28. The molecule has 0 saturated heterocycles. The summed E-state index contributed by atoms with van der Waals surface area (Å²) in [6, 6.07) is 0. The van der Waals surface area contributed by atoms with Crippen LogP contribution in [0.25, 0.3) is 0 Å². The molecule has 1 aliphatic rings. The third-order valence-corrected chi connectivity index (χ3v) is 1.46. The van der Waals surface area contributed by atoms with E-state index < -0.39 is 11.9 Å². The fourth-order valence-electron chi connectivity index (χ4n) is 0.874. The summed E-state index contributed by atoms with van der Waals surface area (Å²) in [5.74, 6) is -1.56. The highest BCUT2D eigenvalue weighted by Gasteiger charge is 2.25. The summed E-state index contributed by atoms with van der Waals surface area (Å²) in [5, 5.41) is 2.52. The highest BCUT2D eigenvalue weighted by atomic mass is 16.5. The van der Waals surface area contributed by atoms with Crippen LogP contribution in [0.15, 0.2) is 12.2 Å². The minimum atomic E-state index is -0.756. The molecule has 1 rings (SSSR count). The largest absolute Gasteiger partial charge is 0.468 e. The second kappa shape index (κ2) is 3.18. The summed E-state index contributed by atoms with van der Waals surface area (Å²) in [5.41, 5.74) is 0. The van der Waals surface area contributed by atoms with E-state index in [1.165, 1.54) is 7.11 Å². The van der Waals surface area contributed by atoms with Gasteiger partial charge in [-0.2, -0.15) is 0 Å².